The number of carboxylic acid groups (broad SMARTS) is 1. The van der Waals surface area contributed by atoms with Gasteiger partial charge in [-0.2, -0.15) is 0 Å². The summed E-state index contributed by atoms with van der Waals surface area (Å²) in [6.07, 6.45) is 2.32. The van der Waals surface area contributed by atoms with Gasteiger partial charge in [-0.1, -0.05) is 0 Å². The van der Waals surface area contributed by atoms with Crippen LogP contribution in [0, 0.1) is 5.82 Å². The summed E-state index contributed by atoms with van der Waals surface area (Å²) in [7, 11) is 0. The lowest BCUT2D eigenvalue weighted by Gasteiger charge is -2.35. The van der Waals surface area contributed by atoms with Crippen molar-refractivity contribution in [1.82, 2.24) is 0 Å². The molecule has 3 N–H and O–H groups in total. The Labute approximate surface area is 109 Å². The first kappa shape index (κ1) is 13.3. The fourth-order valence-corrected chi connectivity index (χ4v) is 2.39. The minimum atomic E-state index is -1.18. The molecule has 1 amide bonds. The van der Waals surface area contributed by atoms with Crippen molar-refractivity contribution in [1.29, 1.82) is 0 Å². The van der Waals surface area contributed by atoms with Crippen molar-refractivity contribution in [2.24, 2.45) is 5.73 Å². The standard InChI is InChI=1S/C13H15FN2O3/c14-9-7-8(13(18)19)4-5-10(9)16-6-2-1-3-11(16)12(15)17/h4-5,7,11H,1-3,6H2,(H2,15,17)(H,18,19). The Morgan fingerprint density at radius 2 is 2.11 bits per heavy atom. The van der Waals surface area contributed by atoms with Crippen LogP contribution in [0.3, 0.4) is 0 Å². The average Bonchev–Trinajstić information content (AvgIpc) is 2.38. The number of carbonyl (C=O) groups is 2. The fraction of sp³-hybridized carbons (Fsp3) is 0.385. The van der Waals surface area contributed by atoms with Gasteiger partial charge < -0.3 is 15.7 Å². The Morgan fingerprint density at radius 1 is 1.37 bits per heavy atom. The van der Waals surface area contributed by atoms with Crippen LogP contribution in [0.4, 0.5) is 10.1 Å². The molecule has 6 heteroatoms. The molecule has 5 nitrogen and oxygen atoms in total. The summed E-state index contributed by atoms with van der Waals surface area (Å²) in [6.45, 7) is 0.539. The quantitative estimate of drug-likeness (QED) is 0.865. The van der Waals surface area contributed by atoms with Gasteiger partial charge in [-0.25, -0.2) is 9.18 Å². The number of primary amides is 1. The predicted molar refractivity (Wildman–Crippen MR) is 67.5 cm³/mol. The minimum Gasteiger partial charge on any atom is -0.478 e. The number of hydrogen-bond acceptors (Lipinski definition) is 3. The number of carboxylic acids is 1. The van der Waals surface area contributed by atoms with Gasteiger partial charge >= 0.3 is 5.97 Å². The van der Waals surface area contributed by atoms with Crippen molar-refractivity contribution in [3.05, 3.63) is 29.6 Å². The second kappa shape index (κ2) is 5.26. The summed E-state index contributed by atoms with van der Waals surface area (Å²) in [6, 6.07) is 3.15. The van der Waals surface area contributed by atoms with E-state index in [1.807, 2.05) is 0 Å². The topological polar surface area (TPSA) is 83.6 Å². The van der Waals surface area contributed by atoms with Gasteiger partial charge in [0.2, 0.25) is 5.91 Å². The molecular weight excluding hydrogens is 251 g/mol. The van der Waals surface area contributed by atoms with E-state index in [1.54, 1.807) is 4.90 Å². The number of amides is 1. The number of benzene rings is 1. The molecule has 0 aliphatic carbocycles. The van der Waals surface area contributed by atoms with Crippen molar-refractivity contribution < 1.29 is 19.1 Å². The second-order valence-corrected chi connectivity index (χ2v) is 4.58. The minimum absolute atomic E-state index is 0.117. The van der Waals surface area contributed by atoms with Crippen LogP contribution in [0.5, 0.6) is 0 Å². The highest BCUT2D eigenvalue weighted by molar-refractivity contribution is 5.88. The van der Waals surface area contributed by atoms with Crippen molar-refractivity contribution in [2.75, 3.05) is 11.4 Å². The highest BCUT2D eigenvalue weighted by Gasteiger charge is 2.28. The highest BCUT2D eigenvalue weighted by atomic mass is 19.1. The van der Waals surface area contributed by atoms with E-state index in [0.29, 0.717) is 13.0 Å². The van der Waals surface area contributed by atoms with Crippen LogP contribution >= 0.6 is 0 Å². The van der Waals surface area contributed by atoms with E-state index in [-0.39, 0.29) is 11.3 Å². The van der Waals surface area contributed by atoms with E-state index in [9.17, 15) is 14.0 Å². The van der Waals surface area contributed by atoms with Crippen LogP contribution in [0.25, 0.3) is 0 Å². The van der Waals surface area contributed by atoms with Gasteiger partial charge in [0.1, 0.15) is 11.9 Å². The van der Waals surface area contributed by atoms with E-state index in [0.717, 1.165) is 18.9 Å². The summed E-state index contributed by atoms with van der Waals surface area (Å²) in [5, 5.41) is 8.80. The zero-order valence-electron chi connectivity index (χ0n) is 10.3. The van der Waals surface area contributed by atoms with Gasteiger partial charge in [0.15, 0.2) is 0 Å². The number of piperidine rings is 1. The number of aromatic carboxylic acids is 1. The molecule has 1 atom stereocenters. The SMILES string of the molecule is NC(=O)C1CCCCN1c1ccc(C(=O)O)cc1F. The lowest BCUT2D eigenvalue weighted by atomic mass is 10.00. The van der Waals surface area contributed by atoms with E-state index in [1.165, 1.54) is 12.1 Å². The molecule has 1 saturated heterocycles. The summed E-state index contributed by atoms with van der Waals surface area (Å²) < 4.78 is 14.0. The first-order chi connectivity index (χ1) is 9.00. The lowest BCUT2D eigenvalue weighted by Crippen LogP contribution is -2.48. The molecular formula is C13H15FN2O3. The molecule has 102 valence electrons. The molecule has 1 fully saturated rings. The third kappa shape index (κ3) is 2.67. The second-order valence-electron chi connectivity index (χ2n) is 4.58. The van der Waals surface area contributed by atoms with Crippen LogP contribution in [-0.4, -0.2) is 29.6 Å². The monoisotopic (exact) mass is 266 g/mol. The van der Waals surface area contributed by atoms with Crippen LogP contribution in [0.2, 0.25) is 0 Å². The number of hydrogen-bond donors (Lipinski definition) is 2. The first-order valence-corrected chi connectivity index (χ1v) is 6.09. The van der Waals surface area contributed by atoms with E-state index >= 15 is 0 Å². The van der Waals surface area contributed by atoms with Crippen LogP contribution in [-0.2, 0) is 4.79 Å². The van der Waals surface area contributed by atoms with Gasteiger partial charge in [0.05, 0.1) is 11.3 Å². The zero-order valence-corrected chi connectivity index (χ0v) is 10.3. The van der Waals surface area contributed by atoms with Crippen LogP contribution in [0.1, 0.15) is 29.6 Å². The van der Waals surface area contributed by atoms with Crippen molar-refractivity contribution in [3.63, 3.8) is 0 Å². The highest BCUT2D eigenvalue weighted by Crippen LogP contribution is 2.27. The maximum Gasteiger partial charge on any atom is 0.335 e. The lowest BCUT2D eigenvalue weighted by molar-refractivity contribution is -0.119. The molecule has 1 aliphatic rings. The molecule has 1 heterocycles. The Kier molecular flexibility index (Phi) is 3.69. The van der Waals surface area contributed by atoms with Crippen molar-refractivity contribution >= 4 is 17.6 Å². The third-order valence-electron chi connectivity index (χ3n) is 3.34. The molecule has 0 radical (unpaired) electrons. The fourth-order valence-electron chi connectivity index (χ4n) is 2.39. The molecule has 1 aliphatic heterocycles. The molecule has 1 unspecified atom stereocenters. The number of nitrogens with two attached hydrogens (primary N) is 1. The molecule has 0 bridgehead atoms. The smallest absolute Gasteiger partial charge is 0.335 e. The Balaban J connectivity index is 2.34. The van der Waals surface area contributed by atoms with E-state index in [4.69, 9.17) is 10.8 Å². The number of anilines is 1. The van der Waals surface area contributed by atoms with Crippen LogP contribution in [0.15, 0.2) is 18.2 Å². The average molecular weight is 266 g/mol. The normalized spacial score (nSPS) is 19.2. The molecule has 1 aromatic rings. The molecule has 2 rings (SSSR count). The number of carbonyl (C=O) groups excluding carboxylic acids is 1. The van der Waals surface area contributed by atoms with Gasteiger partial charge in [-0.15, -0.1) is 0 Å². The summed E-state index contributed by atoms with van der Waals surface area (Å²) in [5.74, 6) is -2.31. The maximum atomic E-state index is 14.0. The van der Waals surface area contributed by atoms with Gasteiger partial charge in [-0.05, 0) is 37.5 Å². The largest absolute Gasteiger partial charge is 0.478 e. The number of rotatable bonds is 3. The maximum absolute atomic E-state index is 14.0. The van der Waals surface area contributed by atoms with Crippen molar-refractivity contribution in [3.8, 4) is 0 Å². The predicted octanol–water partition coefficient (Wildman–Crippen LogP) is 1.37. The van der Waals surface area contributed by atoms with E-state index in [2.05, 4.69) is 0 Å². The van der Waals surface area contributed by atoms with Crippen molar-refractivity contribution in [2.45, 2.75) is 25.3 Å². The Bertz CT molecular complexity index is 519. The molecule has 0 spiro atoms. The molecule has 0 aromatic heterocycles. The first-order valence-electron chi connectivity index (χ1n) is 6.09. The summed E-state index contributed by atoms with van der Waals surface area (Å²) in [5.41, 5.74) is 5.44. The Morgan fingerprint density at radius 3 is 2.68 bits per heavy atom. The van der Waals surface area contributed by atoms with E-state index < -0.39 is 23.7 Å². The third-order valence-corrected chi connectivity index (χ3v) is 3.34. The number of nitrogens with zero attached hydrogens (tertiary/aromatic N) is 1. The van der Waals surface area contributed by atoms with Gasteiger partial charge in [0.25, 0.3) is 0 Å². The van der Waals surface area contributed by atoms with Crippen LogP contribution < -0.4 is 10.6 Å². The molecule has 0 saturated carbocycles. The van der Waals surface area contributed by atoms with Gasteiger partial charge in [-0.3, -0.25) is 4.79 Å². The number of halogens is 1. The van der Waals surface area contributed by atoms with Gasteiger partial charge in [0, 0.05) is 6.54 Å². The zero-order chi connectivity index (χ0) is 14.0. The Hall–Kier alpha value is -2.11. The molecule has 19 heavy (non-hydrogen) atoms. The molecule has 1 aromatic carbocycles. The summed E-state index contributed by atoms with van der Waals surface area (Å²) >= 11 is 0. The summed E-state index contributed by atoms with van der Waals surface area (Å²) in [4.78, 5) is 23.8.